The van der Waals surface area contributed by atoms with Crippen molar-refractivity contribution in [1.82, 2.24) is 14.9 Å². The monoisotopic (exact) mass is 329 g/mol. The Labute approximate surface area is 138 Å². The van der Waals surface area contributed by atoms with E-state index in [0.717, 1.165) is 38.6 Å². The summed E-state index contributed by atoms with van der Waals surface area (Å²) in [7, 11) is 0. The molecule has 2 fully saturated rings. The molecule has 2 aliphatic rings. The number of carbonyl (C=O) groups excluding carboxylic acids is 1. The second kappa shape index (κ2) is 6.00. The molecule has 1 N–H and O–H groups in total. The van der Waals surface area contributed by atoms with E-state index in [1.807, 2.05) is 28.8 Å². The van der Waals surface area contributed by atoms with E-state index in [1.165, 1.54) is 11.8 Å². The number of hydrogen-bond donors (Lipinski definition) is 1. The molecule has 0 radical (unpaired) electrons. The molecule has 1 saturated heterocycles. The molecule has 120 valence electrons. The van der Waals surface area contributed by atoms with Gasteiger partial charge in [0.1, 0.15) is 0 Å². The third kappa shape index (κ3) is 2.87. The molecule has 6 heteroatoms. The van der Waals surface area contributed by atoms with Crippen molar-refractivity contribution < 1.29 is 4.79 Å². The van der Waals surface area contributed by atoms with Crippen molar-refractivity contribution in [3.8, 4) is 0 Å². The molecule has 2 heterocycles. The van der Waals surface area contributed by atoms with Gasteiger partial charge in [-0.1, -0.05) is 30.3 Å². The van der Waals surface area contributed by atoms with Crippen LogP contribution in [0.4, 0.5) is 0 Å². The van der Waals surface area contributed by atoms with E-state index in [9.17, 15) is 9.59 Å². The second-order valence-electron chi connectivity index (χ2n) is 6.21. The number of fused-ring (bicyclic) bond motifs is 1. The van der Waals surface area contributed by atoms with E-state index in [0.29, 0.717) is 16.1 Å². The number of aromatic nitrogens is 2. The lowest BCUT2D eigenvalue weighted by Gasteiger charge is -2.16. The molecule has 1 aliphatic heterocycles. The van der Waals surface area contributed by atoms with Crippen molar-refractivity contribution in [3.63, 3.8) is 0 Å². The van der Waals surface area contributed by atoms with Crippen molar-refractivity contribution in [2.75, 3.05) is 6.54 Å². The van der Waals surface area contributed by atoms with E-state index in [-0.39, 0.29) is 22.8 Å². The quantitative estimate of drug-likeness (QED) is 0.879. The van der Waals surface area contributed by atoms with Gasteiger partial charge in [0.05, 0.1) is 16.2 Å². The van der Waals surface area contributed by atoms with Crippen LogP contribution in [0.15, 0.2) is 34.2 Å². The lowest BCUT2D eigenvalue weighted by Crippen LogP contribution is -2.32. The minimum Gasteiger partial charge on any atom is -0.355 e. The highest BCUT2D eigenvalue weighted by atomic mass is 32.2. The first-order valence-corrected chi connectivity index (χ1v) is 9.07. The molecule has 2 aromatic rings. The minimum absolute atomic E-state index is 0.0228. The van der Waals surface area contributed by atoms with Crippen molar-refractivity contribution in [1.29, 1.82) is 0 Å². The summed E-state index contributed by atoms with van der Waals surface area (Å²) >= 11 is 1.45. The first-order valence-electron chi connectivity index (χ1n) is 8.20. The number of thioether (sulfide) groups is 1. The van der Waals surface area contributed by atoms with Crippen LogP contribution < -0.4 is 10.9 Å². The Morgan fingerprint density at radius 1 is 1.13 bits per heavy atom. The average Bonchev–Trinajstić information content (AvgIpc) is 3.38. The number of nitrogens with zero attached hydrogens (tertiary/aromatic N) is 2. The van der Waals surface area contributed by atoms with Crippen molar-refractivity contribution in [2.45, 2.75) is 48.6 Å². The zero-order valence-corrected chi connectivity index (χ0v) is 13.6. The van der Waals surface area contributed by atoms with Crippen molar-refractivity contribution >= 4 is 28.6 Å². The molecule has 1 atom stereocenters. The molecular formula is C17H19N3O2S. The lowest BCUT2D eigenvalue weighted by molar-refractivity contribution is -0.120. The van der Waals surface area contributed by atoms with E-state index in [2.05, 4.69) is 5.32 Å². The fourth-order valence-electron chi connectivity index (χ4n) is 3.01. The zero-order chi connectivity index (χ0) is 15.8. The molecule has 1 aromatic heterocycles. The SMILES string of the molecule is O=C1NCCCCC1Sc1nc2ccccc2c(=O)n1C1CC1. The number of amides is 1. The van der Waals surface area contributed by atoms with Crippen molar-refractivity contribution in [2.24, 2.45) is 0 Å². The predicted molar refractivity (Wildman–Crippen MR) is 90.8 cm³/mol. The van der Waals surface area contributed by atoms with Crippen LogP contribution in [0.1, 0.15) is 38.1 Å². The maximum Gasteiger partial charge on any atom is 0.262 e. The topological polar surface area (TPSA) is 64.0 Å². The van der Waals surface area contributed by atoms with Gasteiger partial charge in [0.2, 0.25) is 5.91 Å². The Balaban J connectivity index is 1.77. The maximum atomic E-state index is 12.8. The third-order valence-electron chi connectivity index (χ3n) is 4.42. The molecule has 1 aromatic carbocycles. The molecule has 0 spiro atoms. The van der Waals surface area contributed by atoms with Gasteiger partial charge in [-0.3, -0.25) is 14.2 Å². The Hall–Kier alpha value is -1.82. The van der Waals surface area contributed by atoms with Gasteiger partial charge in [-0.15, -0.1) is 0 Å². The van der Waals surface area contributed by atoms with E-state index in [1.54, 1.807) is 0 Å². The minimum atomic E-state index is -0.157. The van der Waals surface area contributed by atoms with Gasteiger partial charge < -0.3 is 5.32 Å². The lowest BCUT2D eigenvalue weighted by atomic mass is 10.2. The van der Waals surface area contributed by atoms with E-state index >= 15 is 0 Å². The molecule has 1 amide bonds. The van der Waals surface area contributed by atoms with Gasteiger partial charge in [-0.25, -0.2) is 4.98 Å². The van der Waals surface area contributed by atoms with Gasteiger partial charge in [-0.2, -0.15) is 0 Å². The van der Waals surface area contributed by atoms with Crippen LogP contribution in [0.3, 0.4) is 0 Å². The van der Waals surface area contributed by atoms with E-state index < -0.39 is 0 Å². The second-order valence-corrected chi connectivity index (χ2v) is 7.38. The summed E-state index contributed by atoms with van der Waals surface area (Å²) in [6, 6.07) is 7.70. The summed E-state index contributed by atoms with van der Waals surface area (Å²) in [5, 5.41) is 4.15. The highest BCUT2D eigenvalue weighted by Crippen LogP contribution is 2.38. The van der Waals surface area contributed by atoms with Crippen molar-refractivity contribution in [3.05, 3.63) is 34.6 Å². The number of para-hydroxylation sites is 1. The zero-order valence-electron chi connectivity index (χ0n) is 12.8. The predicted octanol–water partition coefficient (Wildman–Crippen LogP) is 2.49. The maximum absolute atomic E-state index is 12.8. The summed E-state index contributed by atoms with van der Waals surface area (Å²) in [6.07, 6.45) is 4.92. The molecule has 1 unspecified atom stereocenters. The first-order chi connectivity index (χ1) is 11.2. The smallest absolute Gasteiger partial charge is 0.262 e. The largest absolute Gasteiger partial charge is 0.355 e. The number of rotatable bonds is 3. The summed E-state index contributed by atoms with van der Waals surface area (Å²) in [6.45, 7) is 0.747. The van der Waals surface area contributed by atoms with Gasteiger partial charge in [0.15, 0.2) is 5.16 Å². The average molecular weight is 329 g/mol. The Morgan fingerprint density at radius 2 is 1.96 bits per heavy atom. The van der Waals surface area contributed by atoms with Gasteiger partial charge in [0.25, 0.3) is 5.56 Å². The van der Waals surface area contributed by atoms with Gasteiger partial charge >= 0.3 is 0 Å². The highest BCUT2D eigenvalue weighted by Gasteiger charge is 2.31. The third-order valence-corrected chi connectivity index (χ3v) is 5.65. The summed E-state index contributed by atoms with van der Waals surface area (Å²) < 4.78 is 1.81. The summed E-state index contributed by atoms with van der Waals surface area (Å²) in [4.78, 5) is 29.8. The van der Waals surface area contributed by atoms with Crippen LogP contribution in [-0.2, 0) is 4.79 Å². The number of carbonyl (C=O) groups is 1. The number of nitrogens with one attached hydrogen (secondary N) is 1. The van der Waals surface area contributed by atoms with E-state index in [4.69, 9.17) is 4.98 Å². The molecule has 5 nitrogen and oxygen atoms in total. The molecule has 0 bridgehead atoms. The molecule has 1 saturated carbocycles. The number of benzene rings is 1. The van der Waals surface area contributed by atoms with Crippen LogP contribution in [0.2, 0.25) is 0 Å². The standard InChI is InChI=1S/C17H19N3O2S/c21-15-14(7-3-4-10-18-15)23-17-19-13-6-2-1-5-12(13)16(22)20(17)11-8-9-11/h1-2,5-6,11,14H,3-4,7-10H2,(H,18,21). The van der Waals surface area contributed by atoms with Crippen LogP contribution in [-0.4, -0.2) is 27.3 Å². The molecule has 4 rings (SSSR count). The van der Waals surface area contributed by atoms with Gasteiger partial charge in [-0.05, 0) is 37.8 Å². The molecule has 1 aliphatic carbocycles. The normalized spacial score (nSPS) is 21.9. The van der Waals surface area contributed by atoms with Crippen LogP contribution in [0.5, 0.6) is 0 Å². The molecule has 23 heavy (non-hydrogen) atoms. The molecular weight excluding hydrogens is 310 g/mol. The fourth-order valence-corrected chi connectivity index (χ4v) is 4.24. The fraction of sp³-hybridized carbons (Fsp3) is 0.471. The Bertz CT molecular complexity index is 813. The Morgan fingerprint density at radius 3 is 2.78 bits per heavy atom. The van der Waals surface area contributed by atoms with Crippen LogP contribution in [0.25, 0.3) is 10.9 Å². The highest BCUT2D eigenvalue weighted by molar-refractivity contribution is 8.00. The van der Waals surface area contributed by atoms with Crippen LogP contribution in [0, 0.1) is 0 Å². The van der Waals surface area contributed by atoms with Gasteiger partial charge in [0, 0.05) is 12.6 Å². The summed E-state index contributed by atoms with van der Waals surface area (Å²) in [5.74, 6) is 0.0669. The van der Waals surface area contributed by atoms with Crippen LogP contribution >= 0.6 is 11.8 Å². The number of hydrogen-bond acceptors (Lipinski definition) is 4. The summed E-state index contributed by atoms with van der Waals surface area (Å²) in [5.41, 5.74) is 0.737. The first kappa shape index (κ1) is 14.8. The Kier molecular flexibility index (Phi) is 3.85.